The summed E-state index contributed by atoms with van der Waals surface area (Å²) in [5, 5.41) is 10.9. The summed E-state index contributed by atoms with van der Waals surface area (Å²) >= 11 is 5.01. The monoisotopic (exact) mass is 381 g/mol. The summed E-state index contributed by atoms with van der Waals surface area (Å²) in [7, 11) is 1.79. The highest BCUT2D eigenvalue weighted by Crippen LogP contribution is 2.21. The average Bonchev–Trinajstić information content (AvgIpc) is 2.90. The highest BCUT2D eigenvalue weighted by atomic mass is 79.9. The van der Waals surface area contributed by atoms with E-state index in [1.165, 1.54) is 0 Å². The Kier molecular flexibility index (Phi) is 5.74. The Morgan fingerprint density at radius 1 is 1.23 bits per heavy atom. The molecule has 0 atom stereocenters. The Morgan fingerprint density at radius 3 is 2.45 bits per heavy atom. The smallest absolute Gasteiger partial charge is 0.335 e. The minimum absolute atomic E-state index is 0.0737. The first-order valence-corrected chi connectivity index (χ1v) is 8.42. The zero-order valence-corrected chi connectivity index (χ0v) is 14.5. The Bertz CT molecular complexity index is 666. The van der Waals surface area contributed by atoms with Gasteiger partial charge in [0, 0.05) is 20.0 Å². The van der Waals surface area contributed by atoms with Crippen LogP contribution in [0.15, 0.2) is 39.5 Å². The molecule has 0 radical (unpaired) electrons. The van der Waals surface area contributed by atoms with Crippen molar-refractivity contribution in [3.8, 4) is 0 Å². The van der Waals surface area contributed by atoms with Crippen molar-refractivity contribution in [2.45, 2.75) is 19.4 Å². The van der Waals surface area contributed by atoms with Crippen molar-refractivity contribution >= 4 is 39.1 Å². The largest absolute Gasteiger partial charge is 0.478 e. The highest BCUT2D eigenvalue weighted by Gasteiger charge is 2.11. The standard InChI is InChI=1S/C16H16BrNO3S/c1-18(9-12-8-14(17)22-10-12)15(19)7-4-11-2-5-13(6-3-11)16(20)21/h2-3,5-6,8,10H,4,7,9H2,1H3,(H,20,21). The number of halogens is 1. The van der Waals surface area contributed by atoms with E-state index in [0.29, 0.717) is 19.4 Å². The van der Waals surface area contributed by atoms with Gasteiger partial charge in [0.05, 0.1) is 9.35 Å². The van der Waals surface area contributed by atoms with E-state index < -0.39 is 5.97 Å². The number of benzene rings is 1. The molecule has 0 aliphatic heterocycles. The third kappa shape index (κ3) is 4.68. The molecule has 0 saturated carbocycles. The number of amides is 1. The molecule has 0 spiro atoms. The molecule has 2 rings (SSSR count). The van der Waals surface area contributed by atoms with Crippen molar-refractivity contribution in [2.24, 2.45) is 0 Å². The third-order valence-corrected chi connectivity index (χ3v) is 4.85. The number of hydrogen-bond acceptors (Lipinski definition) is 3. The first-order valence-electron chi connectivity index (χ1n) is 6.75. The predicted molar refractivity (Wildman–Crippen MR) is 90.2 cm³/mol. The molecule has 1 amide bonds. The summed E-state index contributed by atoms with van der Waals surface area (Å²) in [6, 6.07) is 8.65. The molecular formula is C16H16BrNO3S. The van der Waals surface area contributed by atoms with Gasteiger partial charge in [-0.25, -0.2) is 4.79 Å². The lowest BCUT2D eigenvalue weighted by Crippen LogP contribution is -2.26. The van der Waals surface area contributed by atoms with Gasteiger partial charge in [0.1, 0.15) is 0 Å². The number of aryl methyl sites for hydroxylation is 1. The van der Waals surface area contributed by atoms with E-state index >= 15 is 0 Å². The van der Waals surface area contributed by atoms with Crippen molar-refractivity contribution in [2.75, 3.05) is 7.05 Å². The summed E-state index contributed by atoms with van der Waals surface area (Å²) in [6.45, 7) is 0.596. The minimum atomic E-state index is -0.940. The predicted octanol–water partition coefficient (Wildman–Crippen LogP) is 3.80. The summed E-state index contributed by atoms with van der Waals surface area (Å²) in [5.74, 6) is -0.867. The molecule has 0 aliphatic carbocycles. The number of carboxylic acid groups (broad SMARTS) is 1. The fraction of sp³-hybridized carbons (Fsp3) is 0.250. The first kappa shape index (κ1) is 16.7. The van der Waals surface area contributed by atoms with Gasteiger partial charge in [0.15, 0.2) is 0 Å². The lowest BCUT2D eigenvalue weighted by molar-refractivity contribution is -0.130. The molecule has 0 bridgehead atoms. The van der Waals surface area contributed by atoms with Gasteiger partial charge in [-0.3, -0.25) is 4.79 Å². The maximum Gasteiger partial charge on any atom is 0.335 e. The normalized spacial score (nSPS) is 10.5. The molecule has 116 valence electrons. The number of carbonyl (C=O) groups excluding carboxylic acids is 1. The van der Waals surface area contributed by atoms with Crippen LogP contribution in [0.3, 0.4) is 0 Å². The molecule has 4 nitrogen and oxygen atoms in total. The van der Waals surface area contributed by atoms with E-state index in [2.05, 4.69) is 15.9 Å². The topological polar surface area (TPSA) is 57.6 Å². The van der Waals surface area contributed by atoms with Crippen LogP contribution in [0.4, 0.5) is 0 Å². The molecule has 2 aromatic rings. The molecule has 1 heterocycles. The molecule has 1 aromatic carbocycles. The number of nitrogens with zero attached hydrogens (tertiary/aromatic N) is 1. The zero-order valence-electron chi connectivity index (χ0n) is 12.1. The van der Waals surface area contributed by atoms with Crippen LogP contribution < -0.4 is 0 Å². The van der Waals surface area contributed by atoms with Gasteiger partial charge in [-0.2, -0.15) is 0 Å². The van der Waals surface area contributed by atoms with Gasteiger partial charge in [0.2, 0.25) is 5.91 Å². The van der Waals surface area contributed by atoms with Crippen LogP contribution >= 0.6 is 27.3 Å². The van der Waals surface area contributed by atoms with Crippen LogP contribution in [-0.2, 0) is 17.8 Å². The molecule has 1 aromatic heterocycles. The summed E-state index contributed by atoms with van der Waals surface area (Å²) in [5.41, 5.74) is 2.33. The second-order valence-corrected chi connectivity index (χ2v) is 7.30. The van der Waals surface area contributed by atoms with E-state index in [1.807, 2.05) is 11.4 Å². The summed E-state index contributed by atoms with van der Waals surface area (Å²) in [4.78, 5) is 24.6. The first-order chi connectivity index (χ1) is 10.5. The Morgan fingerprint density at radius 2 is 1.91 bits per heavy atom. The van der Waals surface area contributed by atoms with Crippen molar-refractivity contribution < 1.29 is 14.7 Å². The number of thiophene rings is 1. The quantitative estimate of drug-likeness (QED) is 0.827. The van der Waals surface area contributed by atoms with Gasteiger partial charge in [-0.05, 0) is 57.1 Å². The van der Waals surface area contributed by atoms with Gasteiger partial charge in [-0.15, -0.1) is 11.3 Å². The SMILES string of the molecule is CN(Cc1csc(Br)c1)C(=O)CCc1ccc(C(=O)O)cc1. The second kappa shape index (κ2) is 7.56. The Balaban J connectivity index is 1.85. The summed E-state index contributed by atoms with van der Waals surface area (Å²) < 4.78 is 1.06. The van der Waals surface area contributed by atoms with Crippen LogP contribution in [0.25, 0.3) is 0 Å². The van der Waals surface area contributed by atoms with Crippen LogP contribution in [0.1, 0.15) is 27.9 Å². The number of aromatic carboxylic acids is 1. The molecule has 0 fully saturated rings. The summed E-state index contributed by atoms with van der Waals surface area (Å²) in [6.07, 6.45) is 1.02. The number of rotatable bonds is 6. The number of hydrogen-bond donors (Lipinski definition) is 1. The molecule has 6 heteroatoms. The molecular weight excluding hydrogens is 366 g/mol. The zero-order chi connectivity index (χ0) is 16.1. The van der Waals surface area contributed by atoms with E-state index in [-0.39, 0.29) is 11.5 Å². The van der Waals surface area contributed by atoms with E-state index in [0.717, 1.165) is 14.9 Å². The average molecular weight is 382 g/mol. The minimum Gasteiger partial charge on any atom is -0.478 e. The molecule has 1 N–H and O–H groups in total. The van der Waals surface area contributed by atoms with Crippen molar-refractivity contribution in [3.63, 3.8) is 0 Å². The van der Waals surface area contributed by atoms with E-state index in [4.69, 9.17) is 5.11 Å². The Hall–Kier alpha value is -1.66. The molecule has 0 unspecified atom stereocenters. The number of carboxylic acids is 1. The highest BCUT2D eigenvalue weighted by molar-refractivity contribution is 9.11. The lowest BCUT2D eigenvalue weighted by atomic mass is 10.1. The van der Waals surface area contributed by atoms with Crippen molar-refractivity contribution in [1.82, 2.24) is 4.90 Å². The maximum atomic E-state index is 12.1. The van der Waals surface area contributed by atoms with Crippen molar-refractivity contribution in [3.05, 3.63) is 56.2 Å². The second-order valence-electron chi connectivity index (χ2n) is 5.01. The fourth-order valence-electron chi connectivity index (χ4n) is 2.05. The fourth-order valence-corrected chi connectivity index (χ4v) is 3.25. The molecule has 22 heavy (non-hydrogen) atoms. The number of carbonyl (C=O) groups is 2. The third-order valence-electron chi connectivity index (χ3n) is 3.30. The van der Waals surface area contributed by atoms with Gasteiger partial charge in [-0.1, -0.05) is 12.1 Å². The Labute approximate surface area is 141 Å². The van der Waals surface area contributed by atoms with Gasteiger partial charge in [0.25, 0.3) is 0 Å². The van der Waals surface area contributed by atoms with E-state index in [9.17, 15) is 9.59 Å². The molecule has 0 saturated heterocycles. The van der Waals surface area contributed by atoms with Gasteiger partial charge >= 0.3 is 5.97 Å². The van der Waals surface area contributed by atoms with Crippen molar-refractivity contribution in [1.29, 1.82) is 0 Å². The van der Waals surface area contributed by atoms with Crippen LogP contribution in [0.5, 0.6) is 0 Å². The maximum absolute atomic E-state index is 12.1. The van der Waals surface area contributed by atoms with E-state index in [1.54, 1.807) is 47.5 Å². The van der Waals surface area contributed by atoms with Crippen LogP contribution in [0.2, 0.25) is 0 Å². The van der Waals surface area contributed by atoms with Gasteiger partial charge < -0.3 is 10.0 Å². The lowest BCUT2D eigenvalue weighted by Gasteiger charge is -2.16. The van der Waals surface area contributed by atoms with Crippen LogP contribution in [-0.4, -0.2) is 28.9 Å². The molecule has 0 aliphatic rings. The van der Waals surface area contributed by atoms with Crippen LogP contribution in [0, 0.1) is 0 Å².